The van der Waals surface area contributed by atoms with Crippen LogP contribution in [0.15, 0.2) is 84.0 Å². The molecule has 2 aromatic rings. The van der Waals surface area contributed by atoms with E-state index in [0.29, 0.717) is 0 Å². The Morgan fingerprint density at radius 3 is 2.19 bits per heavy atom. The Morgan fingerprint density at radius 2 is 1.58 bits per heavy atom. The van der Waals surface area contributed by atoms with E-state index in [1.807, 2.05) is 60.8 Å². The Hall–Kier alpha value is -2.65. The summed E-state index contributed by atoms with van der Waals surface area (Å²) < 4.78 is 0. The summed E-state index contributed by atoms with van der Waals surface area (Å²) >= 11 is 0. The number of hydrogen-bond acceptors (Lipinski definition) is 3. The molecule has 2 aromatic carbocycles. The molecule has 0 unspecified atom stereocenters. The highest BCUT2D eigenvalue weighted by Gasteiger charge is 2.28. The maximum Gasteiger partial charge on any atom is 0.114 e. The lowest BCUT2D eigenvalue weighted by Crippen LogP contribution is -2.37. The zero-order valence-corrected chi connectivity index (χ0v) is 15.4. The minimum atomic E-state index is -0.644. The van der Waals surface area contributed by atoms with Crippen LogP contribution < -0.4 is 0 Å². The number of hydrogen-bond donors (Lipinski definition) is 1. The third kappa shape index (κ3) is 3.94. The molecule has 0 radical (unpaired) electrons. The van der Waals surface area contributed by atoms with Crippen molar-refractivity contribution < 1.29 is 5.11 Å². The van der Waals surface area contributed by atoms with Crippen molar-refractivity contribution in [2.45, 2.75) is 20.0 Å². The van der Waals surface area contributed by atoms with Crippen LogP contribution in [0.4, 0.5) is 0 Å². The van der Waals surface area contributed by atoms with E-state index in [1.165, 1.54) is 0 Å². The average Bonchev–Trinajstić information content (AvgIpc) is 2.93. The number of aliphatic hydroxyl groups is 1. The maximum atomic E-state index is 11.2. The number of benzene rings is 2. The van der Waals surface area contributed by atoms with Gasteiger partial charge in [0.15, 0.2) is 0 Å². The summed E-state index contributed by atoms with van der Waals surface area (Å²) in [4.78, 5) is 6.93. The van der Waals surface area contributed by atoms with Crippen molar-refractivity contribution in [2.24, 2.45) is 10.9 Å². The zero-order valence-electron chi connectivity index (χ0n) is 15.4. The van der Waals surface area contributed by atoms with Gasteiger partial charge in [-0.15, -0.1) is 0 Å². The van der Waals surface area contributed by atoms with Gasteiger partial charge in [0, 0.05) is 19.3 Å². The smallest absolute Gasteiger partial charge is 0.114 e. The highest BCUT2D eigenvalue weighted by Crippen LogP contribution is 2.31. The Bertz CT molecular complexity index is 789. The Balaban J connectivity index is 2.05. The van der Waals surface area contributed by atoms with E-state index in [2.05, 4.69) is 37.0 Å². The largest absolute Gasteiger partial charge is 0.387 e. The number of rotatable bonds is 5. The molecule has 0 spiro atoms. The summed E-state index contributed by atoms with van der Waals surface area (Å²) in [5.41, 5.74) is 3.12. The number of aliphatic imine (C=N–C) groups is 1. The van der Waals surface area contributed by atoms with Crippen molar-refractivity contribution in [2.75, 3.05) is 13.1 Å². The van der Waals surface area contributed by atoms with Crippen LogP contribution in [0.25, 0.3) is 5.57 Å². The molecule has 2 atom stereocenters. The van der Waals surface area contributed by atoms with Crippen molar-refractivity contribution >= 4 is 11.4 Å². The monoisotopic (exact) mass is 346 g/mol. The standard InChI is InChI=1S/C23H26N2O/c1-3-25(4-2)23-21(22(26)19-13-9-6-10-14-19)17-20(15-16-24-23)18-11-7-5-8-12-18/h5-17,21-22,26H,3-4H2,1-2H3/t21-,22-/m0/s1. The minimum absolute atomic E-state index is 0.206. The molecule has 1 aliphatic rings. The summed E-state index contributed by atoms with van der Waals surface area (Å²) in [5, 5.41) is 11.2. The second-order valence-electron chi connectivity index (χ2n) is 6.34. The van der Waals surface area contributed by atoms with Gasteiger partial charge in [0.25, 0.3) is 0 Å². The van der Waals surface area contributed by atoms with Crippen molar-refractivity contribution in [1.82, 2.24) is 4.90 Å². The Labute approximate surface area is 156 Å². The highest BCUT2D eigenvalue weighted by molar-refractivity contribution is 5.91. The minimum Gasteiger partial charge on any atom is -0.387 e. The molecule has 1 heterocycles. The number of nitrogens with zero attached hydrogens (tertiary/aromatic N) is 2. The molecule has 3 rings (SSSR count). The molecule has 0 aliphatic carbocycles. The van der Waals surface area contributed by atoms with Gasteiger partial charge in [0.2, 0.25) is 0 Å². The molecule has 3 heteroatoms. The normalized spacial score (nSPS) is 17.9. The molecule has 26 heavy (non-hydrogen) atoms. The van der Waals surface area contributed by atoms with Crippen LogP contribution in [-0.4, -0.2) is 28.9 Å². The topological polar surface area (TPSA) is 35.8 Å². The van der Waals surface area contributed by atoms with Gasteiger partial charge in [0.05, 0.1) is 12.0 Å². The first kappa shape index (κ1) is 18.2. The molecule has 0 saturated carbocycles. The second-order valence-corrected chi connectivity index (χ2v) is 6.34. The number of allylic oxidation sites excluding steroid dienone is 2. The van der Waals surface area contributed by atoms with Crippen molar-refractivity contribution in [3.05, 3.63) is 90.1 Å². The first-order valence-corrected chi connectivity index (χ1v) is 9.24. The lowest BCUT2D eigenvalue weighted by Gasteiger charge is -2.30. The van der Waals surface area contributed by atoms with E-state index in [4.69, 9.17) is 4.99 Å². The van der Waals surface area contributed by atoms with Crippen LogP contribution in [0.1, 0.15) is 31.1 Å². The van der Waals surface area contributed by atoms with E-state index < -0.39 is 6.10 Å². The van der Waals surface area contributed by atoms with Gasteiger partial charge in [-0.1, -0.05) is 66.7 Å². The van der Waals surface area contributed by atoms with Gasteiger partial charge < -0.3 is 10.0 Å². The van der Waals surface area contributed by atoms with Gasteiger partial charge in [-0.3, -0.25) is 0 Å². The van der Waals surface area contributed by atoms with Crippen LogP contribution in [-0.2, 0) is 0 Å². The van der Waals surface area contributed by atoms with Gasteiger partial charge >= 0.3 is 0 Å². The lowest BCUT2D eigenvalue weighted by atomic mass is 9.90. The van der Waals surface area contributed by atoms with E-state index >= 15 is 0 Å². The van der Waals surface area contributed by atoms with Gasteiger partial charge in [0.1, 0.15) is 5.84 Å². The zero-order chi connectivity index (χ0) is 18.4. The number of amidine groups is 1. The predicted octanol–water partition coefficient (Wildman–Crippen LogP) is 4.69. The van der Waals surface area contributed by atoms with Crippen LogP contribution in [0.2, 0.25) is 0 Å². The summed E-state index contributed by atoms with van der Waals surface area (Å²) in [6, 6.07) is 20.1. The van der Waals surface area contributed by atoms with Crippen LogP contribution in [0.3, 0.4) is 0 Å². The second kappa shape index (κ2) is 8.63. The highest BCUT2D eigenvalue weighted by atomic mass is 16.3. The molecule has 3 nitrogen and oxygen atoms in total. The summed E-state index contributed by atoms with van der Waals surface area (Å²) in [7, 11) is 0. The first-order chi connectivity index (χ1) is 12.7. The third-order valence-corrected chi connectivity index (χ3v) is 4.79. The summed E-state index contributed by atoms with van der Waals surface area (Å²) in [6.45, 7) is 5.95. The number of aliphatic hydroxyl groups excluding tert-OH is 1. The van der Waals surface area contributed by atoms with Crippen LogP contribution >= 0.6 is 0 Å². The molecule has 134 valence electrons. The fraction of sp³-hybridized carbons (Fsp3) is 0.261. The summed E-state index contributed by atoms with van der Waals surface area (Å²) in [5.74, 6) is 0.705. The van der Waals surface area contributed by atoms with E-state index in [9.17, 15) is 5.11 Å². The van der Waals surface area contributed by atoms with E-state index in [1.54, 1.807) is 0 Å². The predicted molar refractivity (Wildman–Crippen MR) is 109 cm³/mol. The van der Waals surface area contributed by atoms with E-state index in [0.717, 1.165) is 35.6 Å². The Kier molecular flexibility index (Phi) is 6.03. The molecular weight excluding hydrogens is 320 g/mol. The quantitative estimate of drug-likeness (QED) is 0.853. The maximum absolute atomic E-state index is 11.2. The molecule has 0 fully saturated rings. The van der Waals surface area contributed by atoms with Crippen LogP contribution in [0.5, 0.6) is 0 Å². The summed E-state index contributed by atoms with van der Waals surface area (Å²) in [6.07, 6.45) is 5.38. The first-order valence-electron chi connectivity index (χ1n) is 9.24. The van der Waals surface area contributed by atoms with Gasteiger partial charge in [-0.25, -0.2) is 4.99 Å². The molecule has 0 bridgehead atoms. The van der Waals surface area contributed by atoms with Gasteiger partial charge in [-0.2, -0.15) is 0 Å². The molecule has 0 aromatic heterocycles. The lowest BCUT2D eigenvalue weighted by molar-refractivity contribution is 0.152. The molecule has 1 N–H and O–H groups in total. The van der Waals surface area contributed by atoms with Crippen molar-refractivity contribution in [1.29, 1.82) is 0 Å². The molecular formula is C23H26N2O. The fourth-order valence-electron chi connectivity index (χ4n) is 3.36. The van der Waals surface area contributed by atoms with Crippen LogP contribution in [0, 0.1) is 5.92 Å². The van der Waals surface area contributed by atoms with Crippen molar-refractivity contribution in [3.8, 4) is 0 Å². The molecule has 0 amide bonds. The molecule has 0 saturated heterocycles. The van der Waals surface area contributed by atoms with Crippen molar-refractivity contribution in [3.63, 3.8) is 0 Å². The average molecular weight is 346 g/mol. The van der Waals surface area contributed by atoms with Gasteiger partial charge in [-0.05, 0) is 36.6 Å². The third-order valence-electron chi connectivity index (χ3n) is 4.79. The SMILES string of the molecule is CCN(CC)C1=NC=CC(c2ccccc2)=C[C@H]1[C@@H](O)c1ccccc1. The Morgan fingerprint density at radius 1 is 0.962 bits per heavy atom. The molecule has 1 aliphatic heterocycles. The fourth-order valence-corrected chi connectivity index (χ4v) is 3.36. The van der Waals surface area contributed by atoms with E-state index in [-0.39, 0.29) is 5.92 Å².